The Morgan fingerprint density at radius 3 is 2.40 bits per heavy atom. The molecular formula is C12H13NO2. The molecule has 1 aromatic heterocycles. The van der Waals surface area contributed by atoms with Crippen LogP contribution in [0.2, 0.25) is 0 Å². The minimum absolute atomic E-state index is 0.924. The first-order valence-corrected chi connectivity index (χ1v) is 4.26. The zero-order chi connectivity index (χ0) is 11.5. The summed E-state index contributed by atoms with van der Waals surface area (Å²) in [6.45, 7) is 6.85. The van der Waals surface area contributed by atoms with Gasteiger partial charge in [-0.2, -0.15) is 0 Å². The normalized spacial score (nSPS) is 8.80. The van der Waals surface area contributed by atoms with Gasteiger partial charge in [-0.05, 0) is 18.2 Å². The molecule has 15 heavy (non-hydrogen) atoms. The van der Waals surface area contributed by atoms with Gasteiger partial charge >= 0.3 is 5.97 Å². The number of allylic oxidation sites excluding steroid dienone is 2. The molecule has 1 heterocycles. The van der Waals surface area contributed by atoms with E-state index in [1.807, 2.05) is 18.2 Å². The van der Waals surface area contributed by atoms with Gasteiger partial charge in [0.2, 0.25) is 0 Å². The molecule has 0 amide bonds. The van der Waals surface area contributed by atoms with Gasteiger partial charge in [0.05, 0.1) is 5.69 Å². The Morgan fingerprint density at radius 2 is 2.13 bits per heavy atom. The Bertz CT molecular complexity index is 342. The molecule has 0 aliphatic heterocycles. The van der Waals surface area contributed by atoms with Crippen molar-refractivity contribution < 1.29 is 9.90 Å². The molecule has 0 aromatic carbocycles. The van der Waals surface area contributed by atoms with Crippen molar-refractivity contribution in [1.82, 2.24) is 4.98 Å². The van der Waals surface area contributed by atoms with Crippen LogP contribution in [0.4, 0.5) is 0 Å². The maximum absolute atomic E-state index is 9.62. The van der Waals surface area contributed by atoms with E-state index in [9.17, 15) is 4.79 Å². The van der Waals surface area contributed by atoms with Crippen molar-refractivity contribution in [2.24, 2.45) is 0 Å². The molecule has 0 bridgehead atoms. The van der Waals surface area contributed by atoms with E-state index in [-0.39, 0.29) is 0 Å². The van der Waals surface area contributed by atoms with Crippen molar-refractivity contribution in [3.8, 4) is 0 Å². The second-order valence-corrected chi connectivity index (χ2v) is 2.39. The second-order valence-electron chi connectivity index (χ2n) is 2.39. The lowest BCUT2D eigenvalue weighted by atomic mass is 10.4. The van der Waals surface area contributed by atoms with Gasteiger partial charge in [-0.3, -0.25) is 4.98 Å². The highest BCUT2D eigenvalue weighted by Gasteiger charge is 1.78. The minimum atomic E-state index is -0.945. The highest BCUT2D eigenvalue weighted by Crippen LogP contribution is 1.91. The van der Waals surface area contributed by atoms with Gasteiger partial charge in [-0.25, -0.2) is 4.79 Å². The highest BCUT2D eigenvalue weighted by atomic mass is 16.4. The molecule has 0 fully saturated rings. The summed E-state index contributed by atoms with van der Waals surface area (Å²) in [6, 6.07) is 5.73. The summed E-state index contributed by atoms with van der Waals surface area (Å²) in [4.78, 5) is 13.6. The lowest BCUT2D eigenvalue weighted by Gasteiger charge is -1.84. The third-order valence-corrected chi connectivity index (χ3v) is 1.27. The monoisotopic (exact) mass is 203 g/mol. The SMILES string of the molecule is C=CC=CC(=O)O.C=Cc1ccccn1. The molecular weight excluding hydrogens is 190 g/mol. The fraction of sp³-hybridized carbons (Fsp3) is 0. The maximum Gasteiger partial charge on any atom is 0.328 e. The van der Waals surface area contributed by atoms with Gasteiger partial charge in [0.15, 0.2) is 0 Å². The minimum Gasteiger partial charge on any atom is -0.478 e. The number of carbonyl (C=O) groups is 1. The lowest BCUT2D eigenvalue weighted by molar-refractivity contribution is -0.131. The van der Waals surface area contributed by atoms with Crippen molar-refractivity contribution in [3.63, 3.8) is 0 Å². The van der Waals surface area contributed by atoms with Crippen LogP contribution in [-0.4, -0.2) is 16.1 Å². The van der Waals surface area contributed by atoms with Crippen LogP contribution in [0.15, 0.2) is 55.8 Å². The van der Waals surface area contributed by atoms with Crippen molar-refractivity contribution >= 4 is 12.0 Å². The zero-order valence-corrected chi connectivity index (χ0v) is 8.34. The molecule has 78 valence electrons. The lowest BCUT2D eigenvalue weighted by Crippen LogP contribution is -1.83. The third kappa shape index (κ3) is 8.18. The summed E-state index contributed by atoms with van der Waals surface area (Å²) >= 11 is 0. The average molecular weight is 203 g/mol. The molecule has 0 aliphatic carbocycles. The standard InChI is InChI=1S/C7H7N.C5H6O2/c1-2-7-5-3-4-6-8-7;1-2-3-4-5(6)7/h2-6H,1H2;2-4H,1H2,(H,6,7). The molecule has 0 saturated heterocycles. The number of pyridine rings is 1. The maximum atomic E-state index is 9.62. The Labute approximate surface area is 89.1 Å². The second kappa shape index (κ2) is 8.44. The molecule has 3 nitrogen and oxygen atoms in total. The van der Waals surface area contributed by atoms with Gasteiger partial charge in [0.25, 0.3) is 0 Å². The highest BCUT2D eigenvalue weighted by molar-refractivity contribution is 5.79. The number of carboxylic acids is 1. The Balaban J connectivity index is 0.000000265. The summed E-state index contributed by atoms with van der Waals surface area (Å²) < 4.78 is 0. The third-order valence-electron chi connectivity index (χ3n) is 1.27. The van der Waals surface area contributed by atoms with Crippen molar-refractivity contribution in [2.75, 3.05) is 0 Å². The first kappa shape index (κ1) is 12.8. The van der Waals surface area contributed by atoms with E-state index in [4.69, 9.17) is 5.11 Å². The van der Waals surface area contributed by atoms with Crippen molar-refractivity contribution in [2.45, 2.75) is 0 Å². The van der Waals surface area contributed by atoms with E-state index in [1.165, 1.54) is 12.2 Å². The van der Waals surface area contributed by atoms with Crippen molar-refractivity contribution in [3.05, 3.63) is 61.5 Å². The Morgan fingerprint density at radius 1 is 1.40 bits per heavy atom. The van der Waals surface area contributed by atoms with Crippen LogP contribution < -0.4 is 0 Å². The van der Waals surface area contributed by atoms with E-state index in [2.05, 4.69) is 18.1 Å². The number of aromatic nitrogens is 1. The molecule has 3 heteroatoms. The van der Waals surface area contributed by atoms with Crippen LogP contribution in [0, 0.1) is 0 Å². The summed E-state index contributed by atoms with van der Waals surface area (Å²) in [7, 11) is 0. The smallest absolute Gasteiger partial charge is 0.328 e. The number of carboxylic acid groups (broad SMARTS) is 1. The summed E-state index contributed by atoms with van der Waals surface area (Å²) in [5, 5.41) is 7.91. The van der Waals surface area contributed by atoms with Gasteiger partial charge in [0, 0.05) is 12.3 Å². The number of rotatable bonds is 3. The predicted octanol–water partition coefficient (Wildman–Crippen LogP) is 2.54. The fourth-order valence-corrected chi connectivity index (χ4v) is 0.647. The van der Waals surface area contributed by atoms with Crippen molar-refractivity contribution in [1.29, 1.82) is 0 Å². The van der Waals surface area contributed by atoms with Gasteiger partial charge in [-0.1, -0.05) is 31.4 Å². The summed E-state index contributed by atoms with van der Waals surface area (Å²) in [5.74, 6) is -0.945. The number of aliphatic carboxylic acids is 1. The number of hydrogen-bond acceptors (Lipinski definition) is 2. The van der Waals surface area contributed by atoms with E-state index in [1.54, 1.807) is 12.3 Å². The quantitative estimate of drug-likeness (QED) is 0.606. The molecule has 0 spiro atoms. The van der Waals surface area contributed by atoms with E-state index in [0.29, 0.717) is 0 Å². The van der Waals surface area contributed by atoms with E-state index < -0.39 is 5.97 Å². The van der Waals surface area contributed by atoms with Crippen LogP contribution >= 0.6 is 0 Å². The van der Waals surface area contributed by atoms with Crippen LogP contribution in [0.3, 0.4) is 0 Å². The molecule has 0 radical (unpaired) electrons. The molecule has 0 aliphatic rings. The van der Waals surface area contributed by atoms with Crippen LogP contribution in [0.1, 0.15) is 5.69 Å². The van der Waals surface area contributed by atoms with E-state index >= 15 is 0 Å². The van der Waals surface area contributed by atoms with Gasteiger partial charge < -0.3 is 5.11 Å². The van der Waals surface area contributed by atoms with Crippen LogP contribution in [0.25, 0.3) is 6.08 Å². The predicted molar refractivity (Wildman–Crippen MR) is 61.3 cm³/mol. The Hall–Kier alpha value is -2.16. The van der Waals surface area contributed by atoms with Crippen LogP contribution in [-0.2, 0) is 4.79 Å². The molecule has 0 saturated carbocycles. The number of nitrogens with zero attached hydrogens (tertiary/aromatic N) is 1. The largest absolute Gasteiger partial charge is 0.478 e. The van der Waals surface area contributed by atoms with E-state index in [0.717, 1.165) is 11.8 Å². The summed E-state index contributed by atoms with van der Waals surface area (Å²) in [5.41, 5.74) is 0.924. The fourth-order valence-electron chi connectivity index (χ4n) is 0.647. The van der Waals surface area contributed by atoms with Crippen LogP contribution in [0.5, 0.6) is 0 Å². The average Bonchev–Trinajstić information content (AvgIpc) is 2.28. The first-order valence-electron chi connectivity index (χ1n) is 4.26. The molecule has 1 N–H and O–H groups in total. The zero-order valence-electron chi connectivity index (χ0n) is 8.34. The Kier molecular flexibility index (Phi) is 7.22. The topological polar surface area (TPSA) is 50.2 Å². The molecule has 0 atom stereocenters. The molecule has 0 unspecified atom stereocenters. The molecule has 1 aromatic rings. The molecule has 1 rings (SSSR count). The first-order chi connectivity index (χ1) is 7.20. The number of hydrogen-bond donors (Lipinski definition) is 1. The van der Waals surface area contributed by atoms with Gasteiger partial charge in [-0.15, -0.1) is 0 Å². The van der Waals surface area contributed by atoms with Gasteiger partial charge in [0.1, 0.15) is 0 Å². The summed E-state index contributed by atoms with van der Waals surface area (Å²) in [6.07, 6.45) is 7.26.